The van der Waals surface area contributed by atoms with Crippen molar-refractivity contribution in [2.75, 3.05) is 31.7 Å². The summed E-state index contributed by atoms with van der Waals surface area (Å²) in [7, 11) is -1.33. The van der Waals surface area contributed by atoms with Crippen LogP contribution in [0.2, 0.25) is 0 Å². The van der Waals surface area contributed by atoms with Crippen LogP contribution in [0.5, 0.6) is 5.75 Å². The van der Waals surface area contributed by atoms with Gasteiger partial charge in [-0.25, -0.2) is 8.42 Å². The van der Waals surface area contributed by atoms with Crippen molar-refractivity contribution in [2.24, 2.45) is 0 Å². The van der Waals surface area contributed by atoms with Gasteiger partial charge in [-0.15, -0.1) is 0 Å². The summed E-state index contributed by atoms with van der Waals surface area (Å²) in [6, 6.07) is 9.39. The standard InChI is InChI=1S/C20H25N3O7S/c1-14-5-10-18(11-19(14)23(25)26)31(27,28)22(12-20(24)21-15(2)13-29-3)16-6-8-17(30-4)9-7-16/h5-11,15H,12-13H2,1-4H3,(H,21,24)/t15-/m0/s1. The van der Waals surface area contributed by atoms with Gasteiger partial charge >= 0.3 is 0 Å². The number of nitrogens with one attached hydrogen (secondary N) is 1. The molecule has 1 N–H and O–H groups in total. The van der Waals surface area contributed by atoms with E-state index in [2.05, 4.69) is 5.32 Å². The molecule has 0 heterocycles. The number of benzene rings is 2. The summed E-state index contributed by atoms with van der Waals surface area (Å²) in [6.07, 6.45) is 0. The van der Waals surface area contributed by atoms with Crippen LogP contribution in [-0.2, 0) is 19.6 Å². The highest BCUT2D eigenvalue weighted by Crippen LogP contribution is 2.29. The van der Waals surface area contributed by atoms with E-state index in [-0.39, 0.29) is 28.9 Å². The first-order valence-corrected chi connectivity index (χ1v) is 10.7. The van der Waals surface area contributed by atoms with Gasteiger partial charge in [0.25, 0.3) is 15.7 Å². The number of methoxy groups -OCH3 is 2. The number of ether oxygens (including phenoxy) is 2. The lowest BCUT2D eigenvalue weighted by Gasteiger charge is -2.25. The van der Waals surface area contributed by atoms with Crippen LogP contribution < -0.4 is 14.4 Å². The van der Waals surface area contributed by atoms with Crippen LogP contribution in [0.15, 0.2) is 47.4 Å². The molecule has 0 unspecified atom stereocenters. The molecule has 0 aromatic heterocycles. The molecular weight excluding hydrogens is 426 g/mol. The van der Waals surface area contributed by atoms with Crippen LogP contribution in [0.25, 0.3) is 0 Å². The summed E-state index contributed by atoms with van der Waals surface area (Å²) in [5, 5.41) is 13.9. The summed E-state index contributed by atoms with van der Waals surface area (Å²) in [4.78, 5) is 22.9. The van der Waals surface area contributed by atoms with E-state index < -0.39 is 27.4 Å². The number of nitrogens with zero attached hydrogens (tertiary/aromatic N) is 2. The van der Waals surface area contributed by atoms with Gasteiger partial charge in [0.2, 0.25) is 5.91 Å². The minimum atomic E-state index is -4.29. The summed E-state index contributed by atoms with van der Waals surface area (Å²) in [5.74, 6) is -0.0456. The third kappa shape index (κ3) is 5.92. The molecule has 0 spiro atoms. The number of sulfonamides is 1. The Labute approximate surface area is 181 Å². The predicted molar refractivity (Wildman–Crippen MR) is 115 cm³/mol. The van der Waals surface area contributed by atoms with Crippen LogP contribution >= 0.6 is 0 Å². The molecule has 0 aliphatic heterocycles. The fraction of sp³-hybridized carbons (Fsp3) is 0.350. The van der Waals surface area contributed by atoms with Crippen molar-refractivity contribution in [3.63, 3.8) is 0 Å². The van der Waals surface area contributed by atoms with E-state index in [1.807, 2.05) is 0 Å². The number of carbonyl (C=O) groups is 1. The molecule has 168 valence electrons. The van der Waals surface area contributed by atoms with Crippen LogP contribution in [0.3, 0.4) is 0 Å². The minimum absolute atomic E-state index is 0.207. The van der Waals surface area contributed by atoms with E-state index in [0.717, 1.165) is 10.4 Å². The van der Waals surface area contributed by atoms with Crippen molar-refractivity contribution in [1.82, 2.24) is 5.32 Å². The topological polar surface area (TPSA) is 128 Å². The van der Waals surface area contributed by atoms with Crippen molar-refractivity contribution < 1.29 is 27.6 Å². The molecule has 2 aromatic carbocycles. The second kappa shape index (κ2) is 10.2. The lowest BCUT2D eigenvalue weighted by atomic mass is 10.2. The molecule has 31 heavy (non-hydrogen) atoms. The normalized spacial score (nSPS) is 12.1. The maximum atomic E-state index is 13.4. The maximum Gasteiger partial charge on any atom is 0.273 e. The Morgan fingerprint density at radius 1 is 1.19 bits per heavy atom. The fourth-order valence-corrected chi connectivity index (χ4v) is 4.32. The highest BCUT2D eigenvalue weighted by molar-refractivity contribution is 7.92. The lowest BCUT2D eigenvalue weighted by Crippen LogP contribution is -2.44. The molecule has 11 heteroatoms. The van der Waals surface area contributed by atoms with E-state index in [0.29, 0.717) is 11.3 Å². The van der Waals surface area contributed by atoms with Crippen molar-refractivity contribution in [1.29, 1.82) is 0 Å². The van der Waals surface area contributed by atoms with Crippen LogP contribution in [0, 0.1) is 17.0 Å². The third-order valence-corrected chi connectivity index (χ3v) is 6.21. The number of hydrogen-bond donors (Lipinski definition) is 1. The smallest absolute Gasteiger partial charge is 0.273 e. The third-order valence-electron chi connectivity index (χ3n) is 4.44. The van der Waals surface area contributed by atoms with Crippen molar-refractivity contribution in [3.8, 4) is 5.75 Å². The van der Waals surface area contributed by atoms with Crippen molar-refractivity contribution in [3.05, 3.63) is 58.1 Å². The monoisotopic (exact) mass is 451 g/mol. The van der Waals surface area contributed by atoms with Crippen LogP contribution in [0.4, 0.5) is 11.4 Å². The van der Waals surface area contributed by atoms with E-state index in [9.17, 15) is 23.3 Å². The second-order valence-corrected chi connectivity index (χ2v) is 8.70. The summed E-state index contributed by atoms with van der Waals surface area (Å²) < 4.78 is 37.8. The molecule has 0 saturated heterocycles. The molecule has 0 aliphatic carbocycles. The Hall–Kier alpha value is -3.18. The number of carbonyl (C=O) groups excluding carboxylic acids is 1. The average Bonchev–Trinajstić information content (AvgIpc) is 2.72. The van der Waals surface area contributed by atoms with Crippen molar-refractivity contribution >= 4 is 27.3 Å². The van der Waals surface area contributed by atoms with Crippen LogP contribution in [-0.4, -0.2) is 52.7 Å². The van der Waals surface area contributed by atoms with E-state index in [1.54, 1.807) is 19.1 Å². The number of anilines is 1. The number of hydrogen-bond acceptors (Lipinski definition) is 7. The number of nitro benzene ring substituents is 1. The molecule has 2 rings (SSSR count). The Kier molecular flexibility index (Phi) is 7.95. The molecule has 2 aromatic rings. The zero-order chi connectivity index (χ0) is 23.2. The maximum absolute atomic E-state index is 13.4. The van der Waals surface area contributed by atoms with Gasteiger partial charge in [0.05, 0.1) is 29.2 Å². The Balaban J connectivity index is 2.48. The number of nitro groups is 1. The van der Waals surface area contributed by atoms with Gasteiger partial charge < -0.3 is 14.8 Å². The molecule has 0 bridgehead atoms. The number of amides is 1. The van der Waals surface area contributed by atoms with Gasteiger partial charge in [-0.1, -0.05) is 6.07 Å². The minimum Gasteiger partial charge on any atom is -0.497 e. The van der Waals surface area contributed by atoms with Gasteiger partial charge in [0.1, 0.15) is 12.3 Å². The number of rotatable bonds is 10. The van der Waals surface area contributed by atoms with Gasteiger partial charge in [0.15, 0.2) is 0 Å². The SMILES string of the molecule is COC[C@H](C)NC(=O)CN(c1ccc(OC)cc1)S(=O)(=O)c1ccc(C)c([N+](=O)[O-])c1. The second-order valence-electron chi connectivity index (χ2n) is 6.84. The molecule has 10 nitrogen and oxygen atoms in total. The van der Waals surface area contributed by atoms with Gasteiger partial charge in [-0.2, -0.15) is 0 Å². The number of aryl methyl sites for hydroxylation is 1. The molecule has 1 amide bonds. The molecule has 0 fully saturated rings. The zero-order valence-corrected chi connectivity index (χ0v) is 18.5. The van der Waals surface area contributed by atoms with Gasteiger partial charge in [-0.3, -0.25) is 19.2 Å². The summed E-state index contributed by atoms with van der Waals surface area (Å²) in [6.45, 7) is 2.97. The first kappa shape index (κ1) is 24.1. The average molecular weight is 452 g/mol. The molecule has 0 saturated carbocycles. The van der Waals surface area contributed by atoms with Crippen molar-refractivity contribution in [2.45, 2.75) is 24.8 Å². The fourth-order valence-electron chi connectivity index (χ4n) is 2.88. The summed E-state index contributed by atoms with van der Waals surface area (Å²) in [5.41, 5.74) is 0.207. The van der Waals surface area contributed by atoms with Gasteiger partial charge in [-0.05, 0) is 44.2 Å². The van der Waals surface area contributed by atoms with E-state index >= 15 is 0 Å². The molecule has 1 atom stereocenters. The Bertz CT molecular complexity index is 1040. The predicted octanol–water partition coefficient (Wildman–Crippen LogP) is 2.26. The van der Waals surface area contributed by atoms with E-state index in [1.165, 1.54) is 45.4 Å². The van der Waals surface area contributed by atoms with E-state index in [4.69, 9.17) is 9.47 Å². The summed E-state index contributed by atoms with van der Waals surface area (Å²) >= 11 is 0. The quantitative estimate of drug-likeness (QED) is 0.433. The largest absolute Gasteiger partial charge is 0.497 e. The highest BCUT2D eigenvalue weighted by atomic mass is 32.2. The molecule has 0 aliphatic rings. The Morgan fingerprint density at radius 3 is 2.39 bits per heavy atom. The molecular formula is C20H25N3O7S. The van der Waals surface area contributed by atoms with Crippen LogP contribution in [0.1, 0.15) is 12.5 Å². The molecule has 0 radical (unpaired) electrons. The zero-order valence-electron chi connectivity index (χ0n) is 17.7. The first-order chi connectivity index (χ1) is 14.6. The first-order valence-electron chi connectivity index (χ1n) is 9.30. The Morgan fingerprint density at radius 2 is 1.84 bits per heavy atom. The highest BCUT2D eigenvalue weighted by Gasteiger charge is 2.29. The van der Waals surface area contributed by atoms with Gasteiger partial charge in [0, 0.05) is 24.8 Å². The lowest BCUT2D eigenvalue weighted by molar-refractivity contribution is -0.385.